The first kappa shape index (κ1) is 9.34. The molecule has 76 valence electrons. The number of nitrogens with two attached hydrogens (primary N) is 1. The fourth-order valence-electron chi connectivity index (χ4n) is 1.85. The zero-order valence-electron chi connectivity index (χ0n) is 8.51. The molecule has 0 saturated carbocycles. The van der Waals surface area contributed by atoms with Crippen molar-refractivity contribution in [3.05, 3.63) is 23.8 Å². The Morgan fingerprint density at radius 1 is 1.50 bits per heavy atom. The van der Waals surface area contributed by atoms with E-state index >= 15 is 0 Å². The topological polar surface area (TPSA) is 50.1 Å². The highest BCUT2D eigenvalue weighted by molar-refractivity contribution is 5.58. The Kier molecular flexibility index (Phi) is 2.59. The summed E-state index contributed by atoms with van der Waals surface area (Å²) in [6.07, 6.45) is 1.20. The molecule has 0 aromatic heterocycles. The van der Waals surface area contributed by atoms with Crippen molar-refractivity contribution in [1.29, 1.82) is 0 Å². The average Bonchev–Trinajstić information content (AvgIpc) is 2.62. The molecule has 1 aliphatic rings. The van der Waals surface area contributed by atoms with Gasteiger partial charge in [-0.1, -0.05) is 0 Å². The van der Waals surface area contributed by atoms with Crippen molar-refractivity contribution in [2.75, 3.05) is 24.1 Å². The Morgan fingerprint density at radius 2 is 2.36 bits per heavy atom. The molecule has 0 radical (unpaired) electrons. The van der Waals surface area contributed by atoms with Crippen molar-refractivity contribution in [3.8, 4) is 0 Å². The van der Waals surface area contributed by atoms with Gasteiger partial charge in [-0.25, -0.2) is 0 Å². The van der Waals surface area contributed by atoms with Gasteiger partial charge in [0, 0.05) is 24.0 Å². The van der Waals surface area contributed by atoms with Crippen molar-refractivity contribution in [2.24, 2.45) is 0 Å². The lowest BCUT2D eigenvalue weighted by Gasteiger charge is -2.15. The average molecular weight is 191 g/mol. The van der Waals surface area contributed by atoms with E-state index in [1.165, 1.54) is 17.7 Å². The van der Waals surface area contributed by atoms with Gasteiger partial charge in [0.2, 0.25) is 0 Å². The van der Waals surface area contributed by atoms with Gasteiger partial charge in [-0.2, -0.15) is 0 Å². The minimum Gasteiger partial charge on any atom is -0.399 e. The lowest BCUT2D eigenvalue weighted by molar-refractivity contribution is 0.792. The molecule has 14 heavy (non-hydrogen) atoms. The molecule has 1 fully saturated rings. The summed E-state index contributed by atoms with van der Waals surface area (Å²) in [4.78, 5) is 0. The molecular formula is C11H17N3. The molecule has 1 saturated heterocycles. The van der Waals surface area contributed by atoms with Crippen LogP contribution in [-0.2, 0) is 0 Å². The molecule has 3 heteroatoms. The number of nitrogens with one attached hydrogen (secondary N) is 2. The maximum Gasteiger partial charge on any atom is 0.0398 e. The summed E-state index contributed by atoms with van der Waals surface area (Å²) in [7, 11) is 0. The van der Waals surface area contributed by atoms with Crippen molar-refractivity contribution >= 4 is 11.4 Å². The number of benzene rings is 1. The van der Waals surface area contributed by atoms with Crippen molar-refractivity contribution < 1.29 is 0 Å². The molecule has 2 rings (SSSR count). The summed E-state index contributed by atoms with van der Waals surface area (Å²) in [6.45, 7) is 4.26. The highest BCUT2D eigenvalue weighted by Gasteiger charge is 2.14. The number of hydrogen-bond acceptors (Lipinski definition) is 3. The molecule has 1 aromatic carbocycles. The predicted octanol–water partition coefficient (Wildman–Crippen LogP) is 1.35. The van der Waals surface area contributed by atoms with Crippen LogP contribution in [0.5, 0.6) is 0 Å². The molecule has 1 atom stereocenters. The van der Waals surface area contributed by atoms with Crippen LogP contribution < -0.4 is 16.4 Å². The summed E-state index contributed by atoms with van der Waals surface area (Å²) >= 11 is 0. The van der Waals surface area contributed by atoms with Crippen LogP contribution in [0, 0.1) is 6.92 Å². The lowest BCUT2D eigenvalue weighted by Crippen LogP contribution is -2.22. The molecule has 0 spiro atoms. The fourth-order valence-corrected chi connectivity index (χ4v) is 1.85. The quantitative estimate of drug-likeness (QED) is 0.618. The molecule has 1 heterocycles. The van der Waals surface area contributed by atoms with Gasteiger partial charge in [0.15, 0.2) is 0 Å². The monoisotopic (exact) mass is 191 g/mol. The van der Waals surface area contributed by atoms with Gasteiger partial charge in [0.1, 0.15) is 0 Å². The van der Waals surface area contributed by atoms with Crippen LogP contribution in [0.15, 0.2) is 18.2 Å². The number of hydrogen-bond donors (Lipinski definition) is 3. The minimum absolute atomic E-state index is 0.567. The van der Waals surface area contributed by atoms with Gasteiger partial charge in [0.25, 0.3) is 0 Å². The third kappa shape index (κ3) is 1.99. The summed E-state index contributed by atoms with van der Waals surface area (Å²) in [6, 6.07) is 6.57. The second kappa shape index (κ2) is 3.88. The predicted molar refractivity (Wildman–Crippen MR) is 60.5 cm³/mol. The SMILES string of the molecule is Cc1cc(N)ccc1NC1CCNC1. The zero-order valence-corrected chi connectivity index (χ0v) is 8.51. The van der Waals surface area contributed by atoms with Gasteiger partial charge in [-0.05, 0) is 43.7 Å². The van der Waals surface area contributed by atoms with E-state index in [-0.39, 0.29) is 0 Å². The number of aryl methyl sites for hydroxylation is 1. The molecular weight excluding hydrogens is 174 g/mol. The Morgan fingerprint density at radius 3 is 3.00 bits per heavy atom. The molecule has 4 N–H and O–H groups in total. The Bertz CT molecular complexity index is 316. The van der Waals surface area contributed by atoms with E-state index in [1.54, 1.807) is 0 Å². The Hall–Kier alpha value is -1.22. The second-order valence-corrected chi connectivity index (χ2v) is 3.91. The van der Waals surface area contributed by atoms with Gasteiger partial charge >= 0.3 is 0 Å². The number of anilines is 2. The highest BCUT2D eigenvalue weighted by atomic mass is 15.0. The molecule has 1 unspecified atom stereocenters. The van der Waals surface area contributed by atoms with Crippen LogP contribution >= 0.6 is 0 Å². The van der Waals surface area contributed by atoms with Crippen molar-refractivity contribution in [3.63, 3.8) is 0 Å². The maximum atomic E-state index is 5.70. The van der Waals surface area contributed by atoms with E-state index in [2.05, 4.69) is 23.6 Å². The van der Waals surface area contributed by atoms with Crippen molar-refractivity contribution in [1.82, 2.24) is 5.32 Å². The minimum atomic E-state index is 0.567. The first-order chi connectivity index (χ1) is 6.75. The van der Waals surface area contributed by atoms with Crippen LogP contribution in [-0.4, -0.2) is 19.1 Å². The number of nitrogen functional groups attached to an aromatic ring is 1. The van der Waals surface area contributed by atoms with Gasteiger partial charge < -0.3 is 16.4 Å². The van der Waals surface area contributed by atoms with Crippen LogP contribution in [0.2, 0.25) is 0 Å². The first-order valence-electron chi connectivity index (χ1n) is 5.09. The maximum absolute atomic E-state index is 5.70. The summed E-state index contributed by atoms with van der Waals surface area (Å²) in [5, 5.41) is 6.85. The molecule has 1 aromatic rings. The van der Waals surface area contributed by atoms with Crippen molar-refractivity contribution in [2.45, 2.75) is 19.4 Å². The second-order valence-electron chi connectivity index (χ2n) is 3.91. The van der Waals surface area contributed by atoms with Gasteiger partial charge in [0.05, 0.1) is 0 Å². The summed E-state index contributed by atoms with van der Waals surface area (Å²) < 4.78 is 0. The highest BCUT2D eigenvalue weighted by Crippen LogP contribution is 2.19. The molecule has 0 amide bonds. The summed E-state index contributed by atoms with van der Waals surface area (Å²) in [5.74, 6) is 0. The van der Waals surface area contributed by atoms with Crippen LogP contribution in [0.25, 0.3) is 0 Å². The van der Waals surface area contributed by atoms with E-state index in [4.69, 9.17) is 5.73 Å². The third-order valence-corrected chi connectivity index (χ3v) is 2.67. The normalized spacial score (nSPS) is 21.1. The molecule has 3 nitrogen and oxygen atoms in total. The van der Waals surface area contributed by atoms with Crippen LogP contribution in [0.1, 0.15) is 12.0 Å². The summed E-state index contributed by atoms with van der Waals surface area (Å²) in [5.41, 5.74) is 8.95. The molecule has 0 aliphatic carbocycles. The van der Waals surface area contributed by atoms with E-state index in [1.807, 2.05) is 12.1 Å². The smallest absolute Gasteiger partial charge is 0.0398 e. The molecule has 1 aliphatic heterocycles. The van der Waals surface area contributed by atoms with Crippen LogP contribution in [0.3, 0.4) is 0 Å². The zero-order chi connectivity index (χ0) is 9.97. The van der Waals surface area contributed by atoms with Gasteiger partial charge in [-0.3, -0.25) is 0 Å². The Labute approximate surface area is 84.7 Å². The third-order valence-electron chi connectivity index (χ3n) is 2.67. The van der Waals surface area contributed by atoms with E-state index < -0.39 is 0 Å². The fraction of sp³-hybridized carbons (Fsp3) is 0.455. The van der Waals surface area contributed by atoms with E-state index in [0.717, 1.165) is 18.8 Å². The Balaban J connectivity index is 2.08. The largest absolute Gasteiger partial charge is 0.399 e. The number of rotatable bonds is 2. The van der Waals surface area contributed by atoms with E-state index in [9.17, 15) is 0 Å². The van der Waals surface area contributed by atoms with E-state index in [0.29, 0.717) is 6.04 Å². The lowest BCUT2D eigenvalue weighted by atomic mass is 10.1. The molecule has 0 bridgehead atoms. The first-order valence-corrected chi connectivity index (χ1v) is 5.09. The van der Waals surface area contributed by atoms with Crippen LogP contribution in [0.4, 0.5) is 11.4 Å². The standard InChI is InChI=1S/C11H17N3/c1-8-6-9(12)2-3-11(8)14-10-4-5-13-7-10/h2-3,6,10,13-14H,4-5,7,12H2,1H3. The van der Waals surface area contributed by atoms with Gasteiger partial charge in [-0.15, -0.1) is 0 Å².